The van der Waals surface area contributed by atoms with Gasteiger partial charge in [0.05, 0.1) is 19.0 Å². The summed E-state index contributed by atoms with van der Waals surface area (Å²) in [7, 11) is 1.54. The number of rotatable bonds is 6. The fourth-order valence-electron chi connectivity index (χ4n) is 2.61. The molecule has 1 atom stereocenters. The Morgan fingerprint density at radius 1 is 1.30 bits per heavy atom. The predicted octanol–water partition coefficient (Wildman–Crippen LogP) is 3.87. The Morgan fingerprint density at radius 3 is 2.59 bits per heavy atom. The molecule has 0 saturated heterocycles. The molecule has 3 aromatic rings. The molecule has 0 unspecified atom stereocenters. The van der Waals surface area contributed by atoms with Crippen molar-refractivity contribution in [2.24, 2.45) is 0 Å². The predicted molar refractivity (Wildman–Crippen MR) is 97.2 cm³/mol. The van der Waals surface area contributed by atoms with Crippen LogP contribution in [-0.4, -0.2) is 33.7 Å². The van der Waals surface area contributed by atoms with Gasteiger partial charge in [-0.1, -0.05) is 6.92 Å². The fourth-order valence-corrected chi connectivity index (χ4v) is 2.61. The van der Waals surface area contributed by atoms with E-state index in [-0.39, 0.29) is 28.9 Å². The zero-order valence-electron chi connectivity index (χ0n) is 15.2. The number of fused-ring (bicyclic) bond motifs is 1. The molecule has 0 spiro atoms. The molecule has 142 valence electrons. The smallest absolute Gasteiger partial charge is 0.280 e. The summed E-state index contributed by atoms with van der Waals surface area (Å²) in [5, 5.41) is 6.76. The van der Waals surface area contributed by atoms with E-state index in [0.29, 0.717) is 17.0 Å². The molecule has 0 bridgehead atoms. The fraction of sp³-hybridized carbons (Fsp3) is 0.316. The van der Waals surface area contributed by atoms with Crippen LogP contribution in [-0.2, 0) is 0 Å². The molecule has 2 heterocycles. The largest absolute Gasteiger partial charge is 0.497 e. The Morgan fingerprint density at radius 2 is 2.00 bits per heavy atom. The van der Waals surface area contributed by atoms with Crippen LogP contribution in [0, 0.1) is 0 Å². The van der Waals surface area contributed by atoms with Gasteiger partial charge in [0.15, 0.2) is 5.65 Å². The number of aromatic nitrogens is 3. The SMILES string of the molecule is CC[C@@H](C)NC(=O)c1cnn2c(C(F)F)cc(-c3ccc(OC)cc3)nc12. The van der Waals surface area contributed by atoms with E-state index >= 15 is 0 Å². The van der Waals surface area contributed by atoms with Crippen LogP contribution in [0.2, 0.25) is 0 Å². The summed E-state index contributed by atoms with van der Waals surface area (Å²) in [6.45, 7) is 3.81. The highest BCUT2D eigenvalue weighted by atomic mass is 19.3. The van der Waals surface area contributed by atoms with Crippen LogP contribution in [0.4, 0.5) is 8.78 Å². The Kier molecular flexibility index (Phi) is 5.34. The van der Waals surface area contributed by atoms with Crippen molar-refractivity contribution >= 4 is 11.6 Å². The number of carbonyl (C=O) groups excluding carboxylic acids is 1. The van der Waals surface area contributed by atoms with Crippen LogP contribution in [0.1, 0.15) is 42.7 Å². The molecule has 1 amide bonds. The maximum absolute atomic E-state index is 13.6. The molecule has 1 N–H and O–H groups in total. The van der Waals surface area contributed by atoms with Gasteiger partial charge in [0.2, 0.25) is 0 Å². The third kappa shape index (κ3) is 3.74. The Hall–Kier alpha value is -3.03. The average Bonchev–Trinajstić information content (AvgIpc) is 3.11. The number of alkyl halides is 2. The van der Waals surface area contributed by atoms with E-state index in [4.69, 9.17) is 4.74 Å². The lowest BCUT2D eigenvalue weighted by atomic mass is 10.1. The zero-order chi connectivity index (χ0) is 19.6. The maximum atomic E-state index is 13.6. The quantitative estimate of drug-likeness (QED) is 0.711. The number of hydrogen-bond donors (Lipinski definition) is 1. The topological polar surface area (TPSA) is 68.5 Å². The van der Waals surface area contributed by atoms with Gasteiger partial charge in [0, 0.05) is 11.6 Å². The van der Waals surface area contributed by atoms with Gasteiger partial charge in [-0.2, -0.15) is 5.10 Å². The zero-order valence-corrected chi connectivity index (χ0v) is 15.2. The highest BCUT2D eigenvalue weighted by Crippen LogP contribution is 2.27. The Balaban J connectivity index is 2.12. The van der Waals surface area contributed by atoms with E-state index in [1.165, 1.54) is 12.3 Å². The number of benzene rings is 1. The number of hydrogen-bond acceptors (Lipinski definition) is 4. The molecular formula is C19H20F2N4O2. The normalized spacial score (nSPS) is 12.4. The number of amides is 1. The highest BCUT2D eigenvalue weighted by Gasteiger charge is 2.22. The van der Waals surface area contributed by atoms with Crippen molar-refractivity contribution in [2.75, 3.05) is 7.11 Å². The van der Waals surface area contributed by atoms with Crippen LogP contribution in [0.25, 0.3) is 16.9 Å². The summed E-state index contributed by atoms with van der Waals surface area (Å²) in [5.41, 5.74) is 0.897. The molecule has 0 saturated carbocycles. The van der Waals surface area contributed by atoms with Crippen molar-refractivity contribution in [2.45, 2.75) is 32.7 Å². The van der Waals surface area contributed by atoms with Crippen LogP contribution < -0.4 is 10.1 Å². The van der Waals surface area contributed by atoms with Gasteiger partial charge in [0.1, 0.15) is 17.0 Å². The van der Waals surface area contributed by atoms with Gasteiger partial charge >= 0.3 is 0 Å². The van der Waals surface area contributed by atoms with Crippen LogP contribution in [0.15, 0.2) is 36.5 Å². The van der Waals surface area contributed by atoms with Crippen molar-refractivity contribution in [1.29, 1.82) is 0 Å². The number of ether oxygens (including phenoxy) is 1. The summed E-state index contributed by atoms with van der Waals surface area (Å²) in [6.07, 6.45) is -0.750. The van der Waals surface area contributed by atoms with Crippen LogP contribution in [0.5, 0.6) is 5.75 Å². The molecule has 6 nitrogen and oxygen atoms in total. The summed E-state index contributed by atoms with van der Waals surface area (Å²) in [5.74, 6) is 0.255. The van der Waals surface area contributed by atoms with Gasteiger partial charge in [-0.15, -0.1) is 0 Å². The maximum Gasteiger partial charge on any atom is 0.280 e. The van der Waals surface area contributed by atoms with E-state index in [2.05, 4.69) is 15.4 Å². The summed E-state index contributed by atoms with van der Waals surface area (Å²) in [4.78, 5) is 16.9. The van der Waals surface area contributed by atoms with Crippen molar-refractivity contribution in [1.82, 2.24) is 19.9 Å². The molecule has 0 aliphatic rings. The second-order valence-corrected chi connectivity index (χ2v) is 6.17. The molecule has 0 radical (unpaired) electrons. The van der Waals surface area contributed by atoms with Crippen molar-refractivity contribution < 1.29 is 18.3 Å². The second-order valence-electron chi connectivity index (χ2n) is 6.17. The number of methoxy groups -OCH3 is 1. The molecule has 27 heavy (non-hydrogen) atoms. The Bertz CT molecular complexity index is 954. The standard InChI is InChI=1S/C19H20F2N4O2/c1-4-11(2)23-19(26)14-10-22-25-16(17(20)21)9-15(24-18(14)25)12-5-7-13(27-3)8-6-12/h5-11,17H,4H2,1-3H3,(H,23,26)/t11-/m1/s1. The summed E-state index contributed by atoms with van der Waals surface area (Å²) >= 11 is 0. The van der Waals surface area contributed by atoms with E-state index in [0.717, 1.165) is 10.9 Å². The van der Waals surface area contributed by atoms with Gasteiger partial charge in [-0.25, -0.2) is 18.3 Å². The van der Waals surface area contributed by atoms with Crippen LogP contribution in [0.3, 0.4) is 0 Å². The lowest BCUT2D eigenvalue weighted by Gasteiger charge is -2.11. The van der Waals surface area contributed by atoms with Crippen molar-refractivity contribution in [3.8, 4) is 17.0 Å². The molecular weight excluding hydrogens is 354 g/mol. The number of carbonyl (C=O) groups is 1. The second kappa shape index (κ2) is 7.69. The Labute approximate surface area is 155 Å². The first-order chi connectivity index (χ1) is 12.9. The van der Waals surface area contributed by atoms with E-state index in [9.17, 15) is 13.6 Å². The van der Waals surface area contributed by atoms with Gasteiger partial charge in [0.25, 0.3) is 12.3 Å². The van der Waals surface area contributed by atoms with Crippen LogP contribution >= 0.6 is 0 Å². The van der Waals surface area contributed by atoms with Gasteiger partial charge in [-0.3, -0.25) is 4.79 Å². The minimum Gasteiger partial charge on any atom is -0.497 e. The molecule has 2 aromatic heterocycles. The number of nitrogens with one attached hydrogen (secondary N) is 1. The minimum atomic E-state index is -2.77. The molecule has 0 fully saturated rings. The number of halogens is 2. The van der Waals surface area contributed by atoms with E-state index in [1.54, 1.807) is 31.4 Å². The lowest BCUT2D eigenvalue weighted by molar-refractivity contribution is 0.0940. The molecule has 0 aliphatic carbocycles. The lowest BCUT2D eigenvalue weighted by Crippen LogP contribution is -2.31. The van der Waals surface area contributed by atoms with Gasteiger partial charge < -0.3 is 10.1 Å². The first-order valence-corrected chi connectivity index (χ1v) is 8.56. The summed E-state index contributed by atoms with van der Waals surface area (Å²) in [6, 6.07) is 8.12. The number of nitrogens with zero attached hydrogens (tertiary/aromatic N) is 3. The third-order valence-electron chi connectivity index (χ3n) is 4.34. The molecule has 8 heteroatoms. The minimum absolute atomic E-state index is 0.0493. The van der Waals surface area contributed by atoms with E-state index < -0.39 is 6.43 Å². The van der Waals surface area contributed by atoms with Gasteiger partial charge in [-0.05, 0) is 43.7 Å². The van der Waals surface area contributed by atoms with E-state index in [1.807, 2.05) is 13.8 Å². The van der Waals surface area contributed by atoms with Crippen molar-refractivity contribution in [3.05, 3.63) is 47.8 Å². The van der Waals surface area contributed by atoms with Crippen molar-refractivity contribution in [3.63, 3.8) is 0 Å². The monoisotopic (exact) mass is 374 g/mol. The molecule has 3 rings (SSSR count). The first-order valence-electron chi connectivity index (χ1n) is 8.56. The third-order valence-corrected chi connectivity index (χ3v) is 4.34. The summed E-state index contributed by atoms with van der Waals surface area (Å²) < 4.78 is 33.3. The molecule has 0 aliphatic heterocycles. The molecule has 1 aromatic carbocycles. The average molecular weight is 374 g/mol. The highest BCUT2D eigenvalue weighted by molar-refractivity contribution is 6.00. The first kappa shape index (κ1) is 18.8.